The largest absolute Gasteiger partial charge is 0.394 e. The van der Waals surface area contributed by atoms with E-state index >= 15 is 0 Å². The van der Waals surface area contributed by atoms with Crippen LogP contribution in [0.4, 0.5) is 0 Å². The van der Waals surface area contributed by atoms with Crippen molar-refractivity contribution in [2.45, 2.75) is 65.2 Å². The molecule has 0 saturated heterocycles. The molecule has 0 radical (unpaired) electrons. The molecule has 0 aromatic rings. The Labute approximate surface area is 155 Å². The summed E-state index contributed by atoms with van der Waals surface area (Å²) in [6, 6.07) is 0. The predicted molar refractivity (Wildman–Crippen MR) is 102 cm³/mol. The summed E-state index contributed by atoms with van der Waals surface area (Å²) in [5.74, 6) is 0.928. The fraction of sp³-hybridized carbons (Fsp3) is 1.00. The van der Waals surface area contributed by atoms with Crippen molar-refractivity contribution in [3.8, 4) is 0 Å². The van der Waals surface area contributed by atoms with Gasteiger partial charge in [0.05, 0.1) is 52.9 Å². The Hall–Kier alpha value is -0.200. The third-order valence-corrected chi connectivity index (χ3v) is 4.30. The van der Waals surface area contributed by atoms with Crippen LogP contribution < -0.4 is 0 Å². The van der Waals surface area contributed by atoms with Gasteiger partial charge in [0, 0.05) is 6.61 Å². The number of ether oxygens (including phenoxy) is 4. The number of aliphatic hydroxyl groups is 1. The van der Waals surface area contributed by atoms with Gasteiger partial charge in [-0.25, -0.2) is 0 Å². The van der Waals surface area contributed by atoms with Crippen LogP contribution in [0, 0.1) is 5.92 Å². The van der Waals surface area contributed by atoms with Gasteiger partial charge in [0.1, 0.15) is 0 Å². The number of hydrogen-bond acceptors (Lipinski definition) is 5. The first-order valence-corrected chi connectivity index (χ1v) is 10.3. The van der Waals surface area contributed by atoms with E-state index in [2.05, 4.69) is 13.8 Å². The molecule has 0 spiro atoms. The maximum Gasteiger partial charge on any atom is 0.0701 e. The van der Waals surface area contributed by atoms with Gasteiger partial charge in [-0.15, -0.1) is 0 Å². The van der Waals surface area contributed by atoms with Crippen LogP contribution in [-0.4, -0.2) is 64.6 Å². The lowest BCUT2D eigenvalue weighted by molar-refractivity contribution is -0.00578. The quantitative estimate of drug-likeness (QED) is 0.315. The van der Waals surface area contributed by atoms with E-state index in [1.165, 1.54) is 44.9 Å². The Kier molecular flexibility index (Phi) is 21.7. The molecule has 0 aliphatic carbocycles. The lowest BCUT2D eigenvalue weighted by Gasteiger charge is -2.13. The fourth-order valence-corrected chi connectivity index (χ4v) is 2.69. The van der Waals surface area contributed by atoms with Crippen LogP contribution in [-0.2, 0) is 18.9 Å². The molecule has 0 heterocycles. The summed E-state index contributed by atoms with van der Waals surface area (Å²) in [5.41, 5.74) is 0. The van der Waals surface area contributed by atoms with Gasteiger partial charge in [-0.3, -0.25) is 0 Å². The number of aliphatic hydroxyl groups excluding tert-OH is 1. The molecule has 1 atom stereocenters. The van der Waals surface area contributed by atoms with Crippen molar-refractivity contribution in [2.24, 2.45) is 5.92 Å². The third kappa shape index (κ3) is 20.0. The lowest BCUT2D eigenvalue weighted by Crippen LogP contribution is -2.12. The summed E-state index contributed by atoms with van der Waals surface area (Å²) in [6.07, 6.45) is 10.6. The van der Waals surface area contributed by atoms with Crippen molar-refractivity contribution in [1.29, 1.82) is 0 Å². The molecule has 0 saturated carbocycles. The molecular weight excluding hydrogens is 320 g/mol. The Morgan fingerprint density at radius 1 is 0.600 bits per heavy atom. The van der Waals surface area contributed by atoms with Crippen molar-refractivity contribution in [3.05, 3.63) is 0 Å². The van der Waals surface area contributed by atoms with Crippen molar-refractivity contribution >= 4 is 0 Å². The van der Waals surface area contributed by atoms with Gasteiger partial charge in [0.2, 0.25) is 0 Å². The highest BCUT2D eigenvalue weighted by Crippen LogP contribution is 2.19. The topological polar surface area (TPSA) is 57.2 Å². The molecule has 0 amide bonds. The molecule has 5 nitrogen and oxygen atoms in total. The zero-order valence-corrected chi connectivity index (χ0v) is 16.7. The molecule has 1 unspecified atom stereocenters. The predicted octanol–water partition coefficient (Wildman–Crippen LogP) is 3.82. The van der Waals surface area contributed by atoms with E-state index in [-0.39, 0.29) is 6.61 Å². The third-order valence-electron chi connectivity index (χ3n) is 4.30. The minimum Gasteiger partial charge on any atom is -0.394 e. The molecule has 0 aliphatic rings. The summed E-state index contributed by atoms with van der Waals surface area (Å²) < 4.78 is 21.5. The van der Waals surface area contributed by atoms with E-state index < -0.39 is 0 Å². The lowest BCUT2D eigenvalue weighted by atomic mass is 9.93. The number of rotatable bonds is 21. The van der Waals surface area contributed by atoms with Crippen molar-refractivity contribution in [1.82, 2.24) is 0 Å². The van der Waals surface area contributed by atoms with E-state index in [9.17, 15) is 0 Å². The molecule has 0 aromatic heterocycles. The Bertz CT molecular complexity index is 238. The number of unbranched alkanes of at least 4 members (excludes halogenated alkanes) is 3. The van der Waals surface area contributed by atoms with Gasteiger partial charge in [-0.2, -0.15) is 0 Å². The molecule has 1 N–H and O–H groups in total. The van der Waals surface area contributed by atoms with Crippen LogP contribution in [0.5, 0.6) is 0 Å². The zero-order valence-electron chi connectivity index (χ0n) is 16.7. The summed E-state index contributed by atoms with van der Waals surface area (Å²) in [5, 5.41) is 8.53. The molecule has 0 rings (SSSR count). The van der Waals surface area contributed by atoms with Crippen molar-refractivity contribution < 1.29 is 24.1 Å². The van der Waals surface area contributed by atoms with Crippen LogP contribution in [0.2, 0.25) is 0 Å². The minimum atomic E-state index is 0.0569. The molecule has 0 aliphatic heterocycles. The maximum absolute atomic E-state index is 8.53. The molecule has 0 aromatic carbocycles. The second-order valence-corrected chi connectivity index (χ2v) is 6.44. The highest BCUT2D eigenvalue weighted by molar-refractivity contribution is 4.58. The highest BCUT2D eigenvalue weighted by Gasteiger charge is 2.05. The molecule has 0 bridgehead atoms. The maximum atomic E-state index is 8.53. The standard InChI is InChI=1S/C20H42O5/c1-3-5-9-20(4-2)10-7-6-8-12-22-14-16-24-18-19-25-17-15-23-13-11-21/h20-21H,3-19H2,1-2H3. The average Bonchev–Trinajstić information content (AvgIpc) is 2.63. The average molecular weight is 363 g/mol. The van der Waals surface area contributed by atoms with Crippen LogP contribution in [0.3, 0.4) is 0 Å². The fourth-order valence-electron chi connectivity index (χ4n) is 2.69. The second kappa shape index (κ2) is 21.8. The van der Waals surface area contributed by atoms with Gasteiger partial charge >= 0.3 is 0 Å². The molecule has 0 fully saturated rings. The first kappa shape index (κ1) is 24.8. The van der Waals surface area contributed by atoms with E-state index in [0.29, 0.717) is 46.2 Å². The van der Waals surface area contributed by atoms with E-state index in [1.54, 1.807) is 0 Å². The zero-order chi connectivity index (χ0) is 18.4. The minimum absolute atomic E-state index is 0.0569. The smallest absolute Gasteiger partial charge is 0.0701 e. The van der Waals surface area contributed by atoms with Crippen LogP contribution in [0.15, 0.2) is 0 Å². The molecule has 25 heavy (non-hydrogen) atoms. The summed E-state index contributed by atoms with van der Waals surface area (Å²) in [4.78, 5) is 0. The van der Waals surface area contributed by atoms with Gasteiger partial charge in [-0.1, -0.05) is 58.8 Å². The first-order chi connectivity index (χ1) is 12.3. The van der Waals surface area contributed by atoms with Gasteiger partial charge in [-0.05, 0) is 12.3 Å². The molecule has 152 valence electrons. The summed E-state index contributed by atoms with van der Waals surface area (Å²) in [6.45, 7) is 9.35. The normalized spacial score (nSPS) is 12.6. The summed E-state index contributed by atoms with van der Waals surface area (Å²) >= 11 is 0. The SMILES string of the molecule is CCCCC(CC)CCCCCOCCOCCOCCOCCO. The summed E-state index contributed by atoms with van der Waals surface area (Å²) in [7, 11) is 0. The van der Waals surface area contributed by atoms with Crippen LogP contribution in [0.1, 0.15) is 65.2 Å². The van der Waals surface area contributed by atoms with Gasteiger partial charge < -0.3 is 24.1 Å². The molecular formula is C20H42O5. The van der Waals surface area contributed by atoms with Crippen LogP contribution in [0.25, 0.3) is 0 Å². The van der Waals surface area contributed by atoms with E-state index in [0.717, 1.165) is 18.9 Å². The van der Waals surface area contributed by atoms with E-state index in [4.69, 9.17) is 24.1 Å². The Morgan fingerprint density at radius 2 is 1.12 bits per heavy atom. The Balaban J connectivity index is 3.11. The first-order valence-electron chi connectivity index (χ1n) is 10.3. The highest BCUT2D eigenvalue weighted by atomic mass is 16.6. The van der Waals surface area contributed by atoms with Crippen molar-refractivity contribution in [3.63, 3.8) is 0 Å². The van der Waals surface area contributed by atoms with Crippen LogP contribution >= 0.6 is 0 Å². The number of hydrogen-bond donors (Lipinski definition) is 1. The Morgan fingerprint density at radius 3 is 1.64 bits per heavy atom. The second-order valence-electron chi connectivity index (χ2n) is 6.44. The van der Waals surface area contributed by atoms with E-state index in [1.807, 2.05) is 0 Å². The van der Waals surface area contributed by atoms with Crippen molar-refractivity contribution in [2.75, 3.05) is 59.5 Å². The van der Waals surface area contributed by atoms with Gasteiger partial charge in [0.15, 0.2) is 0 Å². The van der Waals surface area contributed by atoms with Gasteiger partial charge in [0.25, 0.3) is 0 Å². The monoisotopic (exact) mass is 362 g/mol. The molecule has 5 heteroatoms.